The number of benzene rings is 2. The molecular weight excluding hydrogens is 366 g/mol. The lowest BCUT2D eigenvalue weighted by molar-refractivity contribution is -0.119. The first kappa shape index (κ1) is 18.8. The molecule has 3 N–H and O–H groups in total. The van der Waals surface area contributed by atoms with Crippen LogP contribution in [-0.4, -0.2) is 34.6 Å². The SMILES string of the molecule is NC(Cc1ccccc1)C(=O)N1CCc2c(C(=O)O)cc(-c3ccncc3)cc21. The number of aromatic nitrogens is 1. The summed E-state index contributed by atoms with van der Waals surface area (Å²) in [5.41, 5.74) is 10.3. The van der Waals surface area contributed by atoms with E-state index in [0.29, 0.717) is 30.6 Å². The standard InChI is InChI=1S/C23H21N3O3/c24-20(12-15-4-2-1-3-5-15)22(27)26-11-8-18-19(23(28)29)13-17(14-21(18)26)16-6-9-25-10-7-16/h1-7,9-10,13-14,20H,8,11-12,24H2,(H,28,29). The van der Waals surface area contributed by atoms with Crippen LogP contribution >= 0.6 is 0 Å². The van der Waals surface area contributed by atoms with Crippen molar-refractivity contribution in [3.8, 4) is 11.1 Å². The van der Waals surface area contributed by atoms with Crippen LogP contribution < -0.4 is 10.6 Å². The van der Waals surface area contributed by atoms with Crippen molar-refractivity contribution in [2.45, 2.75) is 18.9 Å². The molecule has 1 atom stereocenters. The largest absolute Gasteiger partial charge is 0.478 e. The fourth-order valence-electron chi connectivity index (χ4n) is 3.79. The van der Waals surface area contributed by atoms with Crippen LogP contribution in [0.1, 0.15) is 21.5 Å². The molecule has 1 amide bonds. The number of carbonyl (C=O) groups excluding carboxylic acids is 1. The van der Waals surface area contributed by atoms with Crippen molar-refractivity contribution < 1.29 is 14.7 Å². The van der Waals surface area contributed by atoms with Crippen molar-refractivity contribution in [2.24, 2.45) is 5.73 Å². The molecule has 0 aliphatic carbocycles. The zero-order chi connectivity index (χ0) is 20.4. The minimum absolute atomic E-state index is 0.198. The van der Waals surface area contributed by atoms with E-state index in [4.69, 9.17) is 5.73 Å². The van der Waals surface area contributed by atoms with Crippen molar-refractivity contribution in [1.29, 1.82) is 0 Å². The molecule has 6 nitrogen and oxygen atoms in total. The average Bonchev–Trinajstić information content (AvgIpc) is 3.17. The van der Waals surface area contributed by atoms with Crippen LogP contribution in [0.5, 0.6) is 0 Å². The Labute approximate surface area is 168 Å². The molecule has 4 rings (SSSR count). The van der Waals surface area contributed by atoms with Crippen molar-refractivity contribution in [3.63, 3.8) is 0 Å². The summed E-state index contributed by atoms with van der Waals surface area (Å²) in [5, 5.41) is 9.71. The molecule has 0 saturated carbocycles. The number of nitrogens with two attached hydrogens (primary N) is 1. The van der Waals surface area contributed by atoms with Gasteiger partial charge in [0.05, 0.1) is 11.6 Å². The smallest absolute Gasteiger partial charge is 0.336 e. The minimum atomic E-state index is -1.000. The molecule has 146 valence electrons. The van der Waals surface area contributed by atoms with Gasteiger partial charge in [0.25, 0.3) is 0 Å². The molecule has 0 fully saturated rings. The number of carbonyl (C=O) groups is 2. The van der Waals surface area contributed by atoms with Gasteiger partial charge in [-0.1, -0.05) is 30.3 Å². The highest BCUT2D eigenvalue weighted by Gasteiger charge is 2.32. The highest BCUT2D eigenvalue weighted by Crippen LogP contribution is 2.36. The zero-order valence-electron chi connectivity index (χ0n) is 15.8. The second-order valence-electron chi connectivity index (χ2n) is 7.10. The normalized spacial score (nSPS) is 13.8. The summed E-state index contributed by atoms with van der Waals surface area (Å²) in [5.74, 6) is -1.20. The Kier molecular flexibility index (Phi) is 5.10. The van der Waals surface area contributed by atoms with E-state index in [-0.39, 0.29) is 11.5 Å². The molecule has 1 unspecified atom stereocenters. The number of nitrogens with zero attached hydrogens (tertiary/aromatic N) is 2. The molecule has 2 heterocycles. The van der Waals surface area contributed by atoms with Gasteiger partial charge in [-0.25, -0.2) is 4.79 Å². The van der Waals surface area contributed by atoms with Crippen molar-refractivity contribution >= 4 is 17.6 Å². The van der Waals surface area contributed by atoms with Crippen LogP contribution in [0.2, 0.25) is 0 Å². The summed E-state index contributed by atoms with van der Waals surface area (Å²) in [6.45, 7) is 0.427. The van der Waals surface area contributed by atoms with Gasteiger partial charge < -0.3 is 15.7 Å². The summed E-state index contributed by atoms with van der Waals surface area (Å²) in [6.07, 6.45) is 4.24. The van der Waals surface area contributed by atoms with Crippen molar-refractivity contribution in [2.75, 3.05) is 11.4 Å². The second-order valence-corrected chi connectivity index (χ2v) is 7.10. The van der Waals surface area contributed by atoms with Crippen LogP contribution in [0, 0.1) is 0 Å². The Hall–Kier alpha value is -3.51. The molecule has 1 aliphatic rings. The lowest BCUT2D eigenvalue weighted by Gasteiger charge is -2.22. The molecule has 0 spiro atoms. The highest BCUT2D eigenvalue weighted by molar-refractivity contribution is 6.03. The quantitative estimate of drug-likeness (QED) is 0.702. The number of hydrogen-bond acceptors (Lipinski definition) is 4. The first-order valence-corrected chi connectivity index (χ1v) is 9.46. The van der Waals surface area contributed by atoms with Gasteiger partial charge in [-0.2, -0.15) is 0 Å². The zero-order valence-corrected chi connectivity index (χ0v) is 15.8. The molecule has 0 bridgehead atoms. The predicted molar refractivity (Wildman–Crippen MR) is 111 cm³/mol. The fourth-order valence-corrected chi connectivity index (χ4v) is 3.79. The molecular formula is C23H21N3O3. The molecule has 2 aromatic carbocycles. The Morgan fingerprint density at radius 1 is 1.07 bits per heavy atom. The van der Waals surface area contributed by atoms with E-state index >= 15 is 0 Å². The van der Waals surface area contributed by atoms with Crippen molar-refractivity contribution in [1.82, 2.24) is 4.98 Å². The average molecular weight is 387 g/mol. The number of aromatic carboxylic acids is 1. The highest BCUT2D eigenvalue weighted by atomic mass is 16.4. The summed E-state index contributed by atoms with van der Waals surface area (Å²) < 4.78 is 0. The van der Waals surface area contributed by atoms with Crippen LogP contribution in [0.3, 0.4) is 0 Å². The topological polar surface area (TPSA) is 96.5 Å². The Morgan fingerprint density at radius 3 is 2.48 bits per heavy atom. The molecule has 3 aromatic rings. The molecule has 1 aromatic heterocycles. The number of carboxylic acid groups (broad SMARTS) is 1. The summed E-state index contributed by atoms with van der Waals surface area (Å²) >= 11 is 0. The first-order chi connectivity index (χ1) is 14.0. The van der Waals surface area contributed by atoms with E-state index in [9.17, 15) is 14.7 Å². The molecule has 1 aliphatic heterocycles. The van der Waals surface area contributed by atoms with Gasteiger partial charge in [0.1, 0.15) is 0 Å². The Morgan fingerprint density at radius 2 is 1.79 bits per heavy atom. The first-order valence-electron chi connectivity index (χ1n) is 9.46. The molecule has 29 heavy (non-hydrogen) atoms. The lowest BCUT2D eigenvalue weighted by Crippen LogP contribution is -2.44. The van der Waals surface area contributed by atoms with Gasteiger partial charge >= 0.3 is 5.97 Å². The van der Waals surface area contributed by atoms with E-state index in [1.807, 2.05) is 48.5 Å². The van der Waals surface area contributed by atoms with Crippen LogP contribution in [-0.2, 0) is 17.6 Å². The molecule has 0 saturated heterocycles. The molecule has 0 radical (unpaired) electrons. The van der Waals surface area contributed by atoms with Crippen LogP contribution in [0.15, 0.2) is 67.0 Å². The van der Waals surface area contributed by atoms with Gasteiger partial charge in [-0.15, -0.1) is 0 Å². The van der Waals surface area contributed by atoms with Gasteiger partial charge in [0.2, 0.25) is 5.91 Å². The maximum Gasteiger partial charge on any atom is 0.336 e. The summed E-state index contributed by atoms with van der Waals surface area (Å²) in [4.78, 5) is 30.6. The van der Waals surface area contributed by atoms with Gasteiger partial charge in [0, 0.05) is 24.6 Å². The third kappa shape index (κ3) is 3.75. The monoisotopic (exact) mass is 387 g/mol. The fraction of sp³-hybridized carbons (Fsp3) is 0.174. The maximum absolute atomic E-state index is 13.1. The lowest BCUT2D eigenvalue weighted by atomic mass is 9.97. The Bertz CT molecular complexity index is 1050. The predicted octanol–water partition coefficient (Wildman–Crippen LogP) is 2.91. The molecule has 6 heteroatoms. The number of fused-ring (bicyclic) bond motifs is 1. The Balaban J connectivity index is 1.69. The van der Waals surface area contributed by atoms with E-state index in [0.717, 1.165) is 16.7 Å². The number of carboxylic acids is 1. The van der Waals surface area contributed by atoms with E-state index in [2.05, 4.69) is 4.98 Å². The van der Waals surface area contributed by atoms with Gasteiger partial charge in [-0.05, 0) is 59.4 Å². The second kappa shape index (κ2) is 7.85. The van der Waals surface area contributed by atoms with Crippen LogP contribution in [0.4, 0.5) is 5.69 Å². The summed E-state index contributed by atoms with van der Waals surface area (Å²) in [7, 11) is 0. The maximum atomic E-state index is 13.1. The third-order valence-electron chi connectivity index (χ3n) is 5.23. The number of pyridine rings is 1. The number of hydrogen-bond donors (Lipinski definition) is 2. The number of anilines is 1. The van der Waals surface area contributed by atoms with Gasteiger partial charge in [-0.3, -0.25) is 9.78 Å². The van der Waals surface area contributed by atoms with E-state index in [1.165, 1.54) is 0 Å². The van der Waals surface area contributed by atoms with E-state index in [1.54, 1.807) is 23.4 Å². The van der Waals surface area contributed by atoms with Gasteiger partial charge in [0.15, 0.2) is 0 Å². The van der Waals surface area contributed by atoms with Crippen molar-refractivity contribution in [3.05, 3.63) is 83.7 Å². The minimum Gasteiger partial charge on any atom is -0.478 e. The van der Waals surface area contributed by atoms with Crippen LogP contribution in [0.25, 0.3) is 11.1 Å². The van der Waals surface area contributed by atoms with E-state index < -0.39 is 12.0 Å². The number of amides is 1. The number of rotatable bonds is 5. The third-order valence-corrected chi connectivity index (χ3v) is 5.23. The summed E-state index contributed by atoms with van der Waals surface area (Å²) in [6, 6.07) is 16.1.